The molecule has 0 saturated heterocycles. The number of benzene rings is 1. The zero-order valence-electron chi connectivity index (χ0n) is 10.5. The van der Waals surface area contributed by atoms with Gasteiger partial charge in [0.05, 0.1) is 6.54 Å². The summed E-state index contributed by atoms with van der Waals surface area (Å²) < 4.78 is 5.56. The number of hydrogen-bond acceptors (Lipinski definition) is 4. The lowest BCUT2D eigenvalue weighted by molar-refractivity contribution is 0.459. The van der Waals surface area contributed by atoms with E-state index in [4.69, 9.17) is 16.0 Å². The van der Waals surface area contributed by atoms with Crippen molar-refractivity contribution < 1.29 is 4.42 Å². The zero-order valence-corrected chi connectivity index (χ0v) is 11.2. The van der Waals surface area contributed by atoms with Crippen LogP contribution in [0.5, 0.6) is 0 Å². The molecule has 0 saturated carbocycles. The van der Waals surface area contributed by atoms with E-state index in [0.29, 0.717) is 29.3 Å². The molecule has 2 rings (SSSR count). The maximum atomic E-state index is 5.83. The lowest BCUT2D eigenvalue weighted by atomic mass is 10.2. The first-order valence-electron chi connectivity index (χ1n) is 5.94. The van der Waals surface area contributed by atoms with Crippen LogP contribution in [-0.2, 0) is 6.54 Å². The van der Waals surface area contributed by atoms with Gasteiger partial charge in [-0.3, -0.25) is 0 Å². The van der Waals surface area contributed by atoms with E-state index in [9.17, 15) is 0 Å². The average molecular weight is 266 g/mol. The standard InChI is InChI=1S/C13H16ClN3O/c1-9(2)7-15-8-12-16-17-13(18-12)10-3-5-11(14)6-4-10/h3-6,9,15H,7-8H2,1-2H3. The van der Waals surface area contributed by atoms with Crippen LogP contribution in [0, 0.1) is 5.92 Å². The Morgan fingerprint density at radius 3 is 2.61 bits per heavy atom. The first-order valence-corrected chi connectivity index (χ1v) is 6.32. The SMILES string of the molecule is CC(C)CNCc1nnc(-c2ccc(Cl)cc2)o1. The van der Waals surface area contributed by atoms with Gasteiger partial charge in [-0.25, -0.2) is 0 Å². The van der Waals surface area contributed by atoms with Gasteiger partial charge >= 0.3 is 0 Å². The third-order valence-corrected chi connectivity index (χ3v) is 2.64. The van der Waals surface area contributed by atoms with E-state index in [1.165, 1.54) is 0 Å². The van der Waals surface area contributed by atoms with E-state index < -0.39 is 0 Å². The predicted molar refractivity (Wildman–Crippen MR) is 71.3 cm³/mol. The van der Waals surface area contributed by atoms with Crippen LogP contribution in [0.2, 0.25) is 5.02 Å². The van der Waals surface area contributed by atoms with E-state index in [-0.39, 0.29) is 0 Å². The zero-order chi connectivity index (χ0) is 13.0. The second-order valence-corrected chi connectivity index (χ2v) is 4.97. The highest BCUT2D eigenvalue weighted by Gasteiger charge is 2.08. The van der Waals surface area contributed by atoms with Gasteiger partial charge in [0, 0.05) is 10.6 Å². The number of halogens is 1. The summed E-state index contributed by atoms with van der Waals surface area (Å²) in [6.07, 6.45) is 0. The van der Waals surface area contributed by atoms with Gasteiger partial charge in [-0.2, -0.15) is 0 Å². The Morgan fingerprint density at radius 1 is 1.22 bits per heavy atom. The van der Waals surface area contributed by atoms with Crippen molar-refractivity contribution in [2.75, 3.05) is 6.54 Å². The van der Waals surface area contributed by atoms with Gasteiger partial charge in [0.1, 0.15) is 0 Å². The number of aromatic nitrogens is 2. The van der Waals surface area contributed by atoms with Crippen molar-refractivity contribution in [1.82, 2.24) is 15.5 Å². The van der Waals surface area contributed by atoms with Gasteiger partial charge in [-0.05, 0) is 36.7 Å². The molecule has 0 aliphatic carbocycles. The molecule has 0 fully saturated rings. The molecule has 1 heterocycles. The van der Waals surface area contributed by atoms with Crippen LogP contribution in [0.15, 0.2) is 28.7 Å². The number of rotatable bonds is 5. The van der Waals surface area contributed by atoms with Crippen molar-refractivity contribution in [2.45, 2.75) is 20.4 Å². The smallest absolute Gasteiger partial charge is 0.247 e. The fourth-order valence-corrected chi connectivity index (χ4v) is 1.63. The van der Waals surface area contributed by atoms with Crippen molar-refractivity contribution in [3.05, 3.63) is 35.2 Å². The number of nitrogens with one attached hydrogen (secondary N) is 1. The minimum atomic E-state index is 0.521. The molecule has 0 aliphatic heterocycles. The van der Waals surface area contributed by atoms with Crippen LogP contribution in [0.4, 0.5) is 0 Å². The second kappa shape index (κ2) is 5.98. The quantitative estimate of drug-likeness (QED) is 0.902. The summed E-state index contributed by atoms with van der Waals surface area (Å²) in [5, 5.41) is 12.0. The Balaban J connectivity index is 1.99. The predicted octanol–water partition coefficient (Wildman–Crippen LogP) is 3.14. The summed E-state index contributed by atoms with van der Waals surface area (Å²) in [7, 11) is 0. The molecule has 1 aromatic carbocycles. The minimum Gasteiger partial charge on any atom is -0.419 e. The van der Waals surface area contributed by atoms with E-state index >= 15 is 0 Å². The Morgan fingerprint density at radius 2 is 1.94 bits per heavy atom. The van der Waals surface area contributed by atoms with Crippen LogP contribution in [0.1, 0.15) is 19.7 Å². The van der Waals surface area contributed by atoms with E-state index in [1.54, 1.807) is 12.1 Å². The lowest BCUT2D eigenvalue weighted by Crippen LogP contribution is -2.19. The van der Waals surface area contributed by atoms with Crippen molar-refractivity contribution in [1.29, 1.82) is 0 Å². The summed E-state index contributed by atoms with van der Waals surface area (Å²) in [5.41, 5.74) is 0.877. The molecule has 0 radical (unpaired) electrons. The molecule has 2 aromatic rings. The molecule has 0 bridgehead atoms. The Kier molecular flexibility index (Phi) is 4.33. The van der Waals surface area contributed by atoms with Crippen molar-refractivity contribution in [3.8, 4) is 11.5 Å². The maximum absolute atomic E-state index is 5.83. The van der Waals surface area contributed by atoms with Crippen LogP contribution in [0.3, 0.4) is 0 Å². The Labute approximate surface area is 111 Å². The fraction of sp³-hybridized carbons (Fsp3) is 0.385. The van der Waals surface area contributed by atoms with Gasteiger partial charge in [0.2, 0.25) is 11.8 Å². The van der Waals surface area contributed by atoms with Crippen LogP contribution in [-0.4, -0.2) is 16.7 Å². The molecule has 18 heavy (non-hydrogen) atoms. The molecule has 96 valence electrons. The molecular formula is C13H16ClN3O. The van der Waals surface area contributed by atoms with Crippen molar-refractivity contribution in [3.63, 3.8) is 0 Å². The monoisotopic (exact) mass is 265 g/mol. The maximum Gasteiger partial charge on any atom is 0.247 e. The topological polar surface area (TPSA) is 51.0 Å². The summed E-state index contributed by atoms with van der Waals surface area (Å²) in [5.74, 6) is 1.72. The average Bonchev–Trinajstić information content (AvgIpc) is 2.78. The van der Waals surface area contributed by atoms with Crippen molar-refractivity contribution >= 4 is 11.6 Å². The molecule has 4 nitrogen and oxygen atoms in total. The van der Waals surface area contributed by atoms with Crippen molar-refractivity contribution in [2.24, 2.45) is 5.92 Å². The molecule has 1 N–H and O–H groups in total. The minimum absolute atomic E-state index is 0.521. The summed E-state index contributed by atoms with van der Waals surface area (Å²) in [4.78, 5) is 0. The molecule has 1 aromatic heterocycles. The van der Waals surface area contributed by atoms with Gasteiger partial charge in [0.15, 0.2) is 0 Å². The third-order valence-electron chi connectivity index (χ3n) is 2.39. The van der Waals surface area contributed by atoms with Gasteiger partial charge in [0.25, 0.3) is 0 Å². The molecule has 0 unspecified atom stereocenters. The van der Waals surface area contributed by atoms with Crippen LogP contribution < -0.4 is 5.32 Å². The molecule has 0 atom stereocenters. The Hall–Kier alpha value is -1.39. The largest absolute Gasteiger partial charge is 0.419 e. The molecule has 0 spiro atoms. The summed E-state index contributed by atoms with van der Waals surface area (Å²) in [6, 6.07) is 7.33. The first-order chi connectivity index (χ1) is 8.65. The summed E-state index contributed by atoms with van der Waals surface area (Å²) in [6.45, 7) is 5.83. The first kappa shape index (κ1) is 13.1. The van der Waals surface area contributed by atoms with Gasteiger partial charge < -0.3 is 9.73 Å². The molecule has 0 amide bonds. The number of hydrogen-bond donors (Lipinski definition) is 1. The molecular weight excluding hydrogens is 250 g/mol. The van der Waals surface area contributed by atoms with Gasteiger partial charge in [-0.15, -0.1) is 10.2 Å². The molecule has 5 heteroatoms. The Bertz CT molecular complexity index is 493. The summed E-state index contributed by atoms with van der Waals surface area (Å²) >= 11 is 5.83. The lowest BCUT2D eigenvalue weighted by Gasteiger charge is -2.03. The normalized spacial score (nSPS) is 11.1. The number of nitrogens with zero attached hydrogens (tertiary/aromatic N) is 2. The third kappa shape index (κ3) is 3.55. The van der Waals surface area contributed by atoms with E-state index in [0.717, 1.165) is 12.1 Å². The van der Waals surface area contributed by atoms with Crippen LogP contribution in [0.25, 0.3) is 11.5 Å². The highest BCUT2D eigenvalue weighted by Crippen LogP contribution is 2.20. The molecule has 0 aliphatic rings. The van der Waals surface area contributed by atoms with Crippen LogP contribution >= 0.6 is 11.6 Å². The van der Waals surface area contributed by atoms with E-state index in [1.807, 2.05) is 12.1 Å². The van der Waals surface area contributed by atoms with Gasteiger partial charge in [-0.1, -0.05) is 25.4 Å². The van der Waals surface area contributed by atoms with E-state index in [2.05, 4.69) is 29.4 Å². The highest BCUT2D eigenvalue weighted by atomic mass is 35.5. The second-order valence-electron chi connectivity index (χ2n) is 4.53. The highest BCUT2D eigenvalue weighted by molar-refractivity contribution is 6.30. The fourth-order valence-electron chi connectivity index (χ4n) is 1.50.